The van der Waals surface area contributed by atoms with Gasteiger partial charge in [0.1, 0.15) is 5.75 Å². The van der Waals surface area contributed by atoms with E-state index in [-0.39, 0.29) is 0 Å². The average Bonchev–Trinajstić information content (AvgIpc) is 2.84. The monoisotopic (exact) mass is 407 g/mol. The highest BCUT2D eigenvalue weighted by Crippen LogP contribution is 2.25. The van der Waals surface area contributed by atoms with Gasteiger partial charge < -0.3 is 14.6 Å². The molecule has 0 aliphatic rings. The van der Waals surface area contributed by atoms with E-state index in [1.54, 1.807) is 0 Å². The standard InChI is InChI=1S/C17H18IN3O/c1-3-10-22-14-8-9-15-16(11-14)21(2)17(20-15)19-13-6-4-12(18)5-7-13/h4-9,11H,3,10H2,1-2H3,(H,19,20). The molecule has 0 fully saturated rings. The number of fused-ring (bicyclic) bond motifs is 1. The Bertz CT molecular complexity index is 780. The molecule has 0 radical (unpaired) electrons. The minimum absolute atomic E-state index is 0.733. The molecular formula is C17H18IN3O. The summed E-state index contributed by atoms with van der Waals surface area (Å²) in [6, 6.07) is 14.3. The molecule has 0 amide bonds. The van der Waals surface area contributed by atoms with Crippen LogP contribution in [0, 0.1) is 3.57 Å². The third-order valence-corrected chi connectivity index (χ3v) is 4.14. The minimum Gasteiger partial charge on any atom is -0.494 e. The van der Waals surface area contributed by atoms with Crippen LogP contribution >= 0.6 is 22.6 Å². The summed E-state index contributed by atoms with van der Waals surface area (Å²) in [5.41, 5.74) is 3.04. The normalized spacial score (nSPS) is 10.9. The lowest BCUT2D eigenvalue weighted by atomic mass is 10.3. The quantitative estimate of drug-likeness (QED) is 0.623. The molecule has 0 bridgehead atoms. The Morgan fingerprint density at radius 3 is 2.68 bits per heavy atom. The molecule has 3 aromatic rings. The molecule has 5 heteroatoms. The Kier molecular flexibility index (Phi) is 4.52. The molecule has 0 aliphatic carbocycles. The number of ether oxygens (including phenoxy) is 1. The number of nitrogens with one attached hydrogen (secondary N) is 1. The van der Waals surface area contributed by atoms with E-state index < -0.39 is 0 Å². The molecule has 1 aromatic heterocycles. The van der Waals surface area contributed by atoms with Crippen LogP contribution in [-0.4, -0.2) is 16.2 Å². The number of aromatic nitrogens is 2. The van der Waals surface area contributed by atoms with Gasteiger partial charge in [-0.3, -0.25) is 0 Å². The van der Waals surface area contributed by atoms with Crippen molar-refractivity contribution in [3.05, 3.63) is 46.0 Å². The van der Waals surface area contributed by atoms with Crippen molar-refractivity contribution in [3.8, 4) is 5.75 Å². The minimum atomic E-state index is 0.733. The number of hydrogen-bond acceptors (Lipinski definition) is 3. The number of imidazole rings is 1. The van der Waals surface area contributed by atoms with Crippen LogP contribution in [0.2, 0.25) is 0 Å². The van der Waals surface area contributed by atoms with E-state index in [0.29, 0.717) is 0 Å². The number of hydrogen-bond donors (Lipinski definition) is 1. The maximum Gasteiger partial charge on any atom is 0.208 e. The zero-order valence-corrected chi connectivity index (χ0v) is 14.8. The first kappa shape index (κ1) is 15.1. The van der Waals surface area contributed by atoms with Crippen molar-refractivity contribution >= 4 is 45.3 Å². The van der Waals surface area contributed by atoms with E-state index >= 15 is 0 Å². The SMILES string of the molecule is CCCOc1ccc2nc(Nc3ccc(I)cc3)n(C)c2c1. The summed E-state index contributed by atoms with van der Waals surface area (Å²) in [6.07, 6.45) is 1.00. The Labute approximate surface area is 143 Å². The van der Waals surface area contributed by atoms with E-state index in [4.69, 9.17) is 4.74 Å². The lowest BCUT2D eigenvalue weighted by Crippen LogP contribution is -1.99. The number of anilines is 2. The van der Waals surface area contributed by atoms with Gasteiger partial charge in [0.05, 0.1) is 17.6 Å². The van der Waals surface area contributed by atoms with Crippen molar-refractivity contribution in [1.82, 2.24) is 9.55 Å². The van der Waals surface area contributed by atoms with Gasteiger partial charge in [-0.15, -0.1) is 0 Å². The first-order chi connectivity index (χ1) is 10.7. The van der Waals surface area contributed by atoms with Gasteiger partial charge in [-0.1, -0.05) is 6.92 Å². The number of aryl methyl sites for hydroxylation is 1. The molecule has 0 aliphatic heterocycles. The van der Waals surface area contributed by atoms with E-state index in [1.807, 2.05) is 29.8 Å². The third-order valence-electron chi connectivity index (χ3n) is 3.43. The van der Waals surface area contributed by atoms with E-state index in [0.717, 1.165) is 41.4 Å². The molecule has 4 nitrogen and oxygen atoms in total. The van der Waals surface area contributed by atoms with E-state index in [1.165, 1.54) is 3.57 Å². The summed E-state index contributed by atoms with van der Waals surface area (Å²) in [7, 11) is 2.01. The summed E-state index contributed by atoms with van der Waals surface area (Å²) in [5, 5.41) is 3.36. The zero-order valence-electron chi connectivity index (χ0n) is 12.6. The van der Waals surface area contributed by atoms with Crippen molar-refractivity contribution in [2.45, 2.75) is 13.3 Å². The Balaban J connectivity index is 1.90. The van der Waals surface area contributed by atoms with E-state index in [2.05, 4.69) is 64.1 Å². The lowest BCUT2D eigenvalue weighted by molar-refractivity contribution is 0.318. The van der Waals surface area contributed by atoms with Crippen LogP contribution in [0.1, 0.15) is 13.3 Å². The summed E-state index contributed by atoms with van der Waals surface area (Å²) in [4.78, 5) is 4.65. The smallest absolute Gasteiger partial charge is 0.208 e. The van der Waals surface area contributed by atoms with Gasteiger partial charge in [0.2, 0.25) is 5.95 Å². The highest BCUT2D eigenvalue weighted by atomic mass is 127. The van der Waals surface area contributed by atoms with Crippen LogP contribution < -0.4 is 10.1 Å². The molecule has 0 unspecified atom stereocenters. The second kappa shape index (κ2) is 6.56. The van der Waals surface area contributed by atoms with Crippen LogP contribution in [0.15, 0.2) is 42.5 Å². The van der Waals surface area contributed by atoms with Crippen molar-refractivity contribution < 1.29 is 4.74 Å². The molecule has 114 valence electrons. The topological polar surface area (TPSA) is 39.1 Å². The Morgan fingerprint density at radius 2 is 1.95 bits per heavy atom. The number of nitrogens with zero attached hydrogens (tertiary/aromatic N) is 2. The van der Waals surface area contributed by atoms with Gasteiger partial charge in [-0.2, -0.15) is 0 Å². The second-order valence-corrected chi connectivity index (χ2v) is 6.37. The summed E-state index contributed by atoms with van der Waals surface area (Å²) < 4.78 is 8.96. The fraction of sp³-hybridized carbons (Fsp3) is 0.235. The fourth-order valence-corrected chi connectivity index (χ4v) is 2.61. The first-order valence-electron chi connectivity index (χ1n) is 7.29. The Morgan fingerprint density at radius 1 is 1.18 bits per heavy atom. The van der Waals surface area contributed by atoms with Crippen molar-refractivity contribution in [2.75, 3.05) is 11.9 Å². The third kappa shape index (κ3) is 3.19. The fourth-order valence-electron chi connectivity index (χ4n) is 2.25. The summed E-state index contributed by atoms with van der Waals surface area (Å²) >= 11 is 2.30. The largest absolute Gasteiger partial charge is 0.494 e. The summed E-state index contributed by atoms with van der Waals surface area (Å²) in [6.45, 7) is 2.84. The molecule has 0 spiro atoms. The predicted octanol–water partition coefficient (Wildman–Crippen LogP) is 4.71. The maximum atomic E-state index is 5.70. The second-order valence-electron chi connectivity index (χ2n) is 5.13. The number of halogens is 1. The zero-order chi connectivity index (χ0) is 15.5. The van der Waals surface area contributed by atoms with Gasteiger partial charge in [-0.05, 0) is 65.4 Å². The van der Waals surface area contributed by atoms with Crippen molar-refractivity contribution in [2.24, 2.45) is 7.05 Å². The van der Waals surface area contributed by atoms with Gasteiger partial charge in [-0.25, -0.2) is 4.98 Å². The van der Waals surface area contributed by atoms with Crippen molar-refractivity contribution in [1.29, 1.82) is 0 Å². The molecule has 0 saturated heterocycles. The molecule has 22 heavy (non-hydrogen) atoms. The van der Waals surface area contributed by atoms with Gasteiger partial charge >= 0.3 is 0 Å². The van der Waals surface area contributed by atoms with Crippen molar-refractivity contribution in [3.63, 3.8) is 0 Å². The highest BCUT2D eigenvalue weighted by Gasteiger charge is 2.09. The lowest BCUT2D eigenvalue weighted by Gasteiger charge is -2.07. The van der Waals surface area contributed by atoms with Crippen LogP contribution in [0.25, 0.3) is 11.0 Å². The maximum absolute atomic E-state index is 5.70. The summed E-state index contributed by atoms with van der Waals surface area (Å²) in [5.74, 6) is 1.71. The number of rotatable bonds is 5. The molecule has 0 saturated carbocycles. The molecule has 0 atom stereocenters. The average molecular weight is 407 g/mol. The molecule has 3 rings (SSSR count). The first-order valence-corrected chi connectivity index (χ1v) is 8.37. The Hall–Kier alpha value is -1.76. The van der Waals surface area contributed by atoms with Gasteiger partial charge in [0, 0.05) is 22.4 Å². The van der Waals surface area contributed by atoms with E-state index in [9.17, 15) is 0 Å². The highest BCUT2D eigenvalue weighted by molar-refractivity contribution is 14.1. The van der Waals surface area contributed by atoms with Crippen LogP contribution in [0.4, 0.5) is 11.6 Å². The predicted molar refractivity (Wildman–Crippen MR) is 98.9 cm³/mol. The molecular weight excluding hydrogens is 389 g/mol. The molecule has 1 N–H and O–H groups in total. The molecule has 2 aromatic carbocycles. The number of benzene rings is 2. The van der Waals surface area contributed by atoms with Crippen LogP contribution in [0.3, 0.4) is 0 Å². The van der Waals surface area contributed by atoms with Crippen LogP contribution in [0.5, 0.6) is 5.75 Å². The van der Waals surface area contributed by atoms with Gasteiger partial charge in [0.25, 0.3) is 0 Å². The van der Waals surface area contributed by atoms with Crippen LogP contribution in [-0.2, 0) is 7.05 Å². The molecule has 1 heterocycles. The van der Waals surface area contributed by atoms with Gasteiger partial charge in [0.15, 0.2) is 0 Å².